The van der Waals surface area contributed by atoms with Crippen molar-refractivity contribution in [3.63, 3.8) is 0 Å². The number of rotatable bonds is 14. The van der Waals surface area contributed by atoms with Crippen molar-refractivity contribution >= 4 is 248 Å². The van der Waals surface area contributed by atoms with Gasteiger partial charge in [0.15, 0.2) is 0 Å². The van der Waals surface area contributed by atoms with Crippen LogP contribution in [0, 0.1) is 0 Å². The molecule has 0 aliphatic heterocycles. The minimum atomic E-state index is -2.97. The number of carboxylic acid groups (broad SMARTS) is 10. The zero-order valence-electron chi connectivity index (χ0n) is 23.7. The number of aliphatic hydroxyl groups is 2. The molecular formula is C20H14Ca5O22. The van der Waals surface area contributed by atoms with E-state index in [-0.39, 0.29) is 189 Å². The SMILES string of the molecule is O=C([O-])/C=C/C(=O)[O-].O=C([O-])/C=C/C(=O)[O-].O=C([O-])CC(O)(CC(=O)[O-])C(=O)[O-].O=C([O-])CC(O)(CC(=O)[O-])C(=O)[O-].[Ca+2].[Ca+2].[Ca+2].[Ca+2].[Ca+2]. The average molecular weight is 807 g/mol. The van der Waals surface area contributed by atoms with Gasteiger partial charge in [0.2, 0.25) is 0 Å². The van der Waals surface area contributed by atoms with E-state index >= 15 is 0 Å². The van der Waals surface area contributed by atoms with Gasteiger partial charge in [-0.15, -0.1) is 0 Å². The minimum Gasteiger partial charge on any atom is -0.550 e. The van der Waals surface area contributed by atoms with Gasteiger partial charge in [-0.25, -0.2) is 0 Å². The molecule has 0 spiro atoms. The molecule has 0 radical (unpaired) electrons. The Kier molecular flexibility index (Phi) is 55.4. The molecule has 2 N–H and O–H groups in total. The summed E-state index contributed by atoms with van der Waals surface area (Å²) in [6, 6.07) is 0. The Morgan fingerprint density at radius 1 is 0.362 bits per heavy atom. The van der Waals surface area contributed by atoms with Crippen LogP contribution in [0.25, 0.3) is 0 Å². The maximum Gasteiger partial charge on any atom is 2.00 e. The minimum absolute atomic E-state index is 0. The molecule has 0 saturated carbocycles. The monoisotopic (exact) mass is 806 g/mol. The van der Waals surface area contributed by atoms with Crippen LogP contribution in [-0.4, -0.2) is 270 Å². The molecule has 0 saturated heterocycles. The number of aliphatic carboxylic acids is 10. The summed E-state index contributed by atoms with van der Waals surface area (Å²) in [5, 5.41) is 116. The second-order valence-electron chi connectivity index (χ2n) is 6.78. The fourth-order valence-corrected chi connectivity index (χ4v) is 1.64. The van der Waals surface area contributed by atoms with Gasteiger partial charge in [0.1, 0.15) is 11.2 Å². The fourth-order valence-electron chi connectivity index (χ4n) is 1.64. The summed E-state index contributed by atoms with van der Waals surface area (Å²) in [6.07, 6.45) is -3.89. The molecule has 0 unspecified atom stereocenters. The van der Waals surface area contributed by atoms with Gasteiger partial charge in [0.25, 0.3) is 0 Å². The second-order valence-corrected chi connectivity index (χ2v) is 6.78. The van der Waals surface area contributed by atoms with Crippen LogP contribution >= 0.6 is 0 Å². The van der Waals surface area contributed by atoms with E-state index in [0.29, 0.717) is 24.3 Å². The van der Waals surface area contributed by atoms with Crippen molar-refractivity contribution in [2.45, 2.75) is 36.9 Å². The summed E-state index contributed by atoms with van der Waals surface area (Å²) in [7, 11) is 0. The summed E-state index contributed by atoms with van der Waals surface area (Å²) in [5.74, 6) is -18.2. The van der Waals surface area contributed by atoms with E-state index in [0.717, 1.165) is 0 Å². The van der Waals surface area contributed by atoms with Crippen molar-refractivity contribution < 1.29 is 109 Å². The van der Waals surface area contributed by atoms with E-state index in [9.17, 15) is 99.0 Å². The van der Waals surface area contributed by atoms with Gasteiger partial charge < -0.3 is 109 Å². The third-order valence-corrected chi connectivity index (χ3v) is 3.22. The van der Waals surface area contributed by atoms with Crippen LogP contribution in [0.4, 0.5) is 0 Å². The summed E-state index contributed by atoms with van der Waals surface area (Å²) >= 11 is 0. The molecule has 47 heavy (non-hydrogen) atoms. The summed E-state index contributed by atoms with van der Waals surface area (Å²) < 4.78 is 0. The van der Waals surface area contributed by atoms with Gasteiger partial charge in [-0.2, -0.15) is 0 Å². The topological polar surface area (TPSA) is 442 Å². The molecular weight excluding hydrogens is 793 g/mol. The Balaban J connectivity index is -0.0000000578. The molecule has 0 aliphatic carbocycles. The molecule has 0 heterocycles. The summed E-state index contributed by atoms with van der Waals surface area (Å²) in [6.45, 7) is 0. The maximum atomic E-state index is 10.1. The molecule has 236 valence electrons. The van der Waals surface area contributed by atoms with Crippen LogP contribution in [0.1, 0.15) is 25.7 Å². The van der Waals surface area contributed by atoms with E-state index in [1.54, 1.807) is 0 Å². The number of hydrogen-bond acceptors (Lipinski definition) is 22. The standard InChI is InChI=1S/2C6H8O7.2C4H4O4.5Ca/c2*7-3(8)1-6(13,5(11)12)2-4(9)10;2*5-3(6)1-2-4(7)8;;;;;/h2*13H,1-2H2,(H,7,8)(H,9,10)(H,11,12);2*1-2H,(H,5,6)(H,7,8);;;;;/q;;;;5*+2/p-10/b;;2*2-1+;;;;;. The maximum absolute atomic E-state index is 10.1. The van der Waals surface area contributed by atoms with Gasteiger partial charge >= 0.3 is 189 Å². The smallest absolute Gasteiger partial charge is 0.550 e. The zero-order valence-corrected chi connectivity index (χ0v) is 34.8. The van der Waals surface area contributed by atoms with Crippen molar-refractivity contribution in [1.82, 2.24) is 0 Å². The van der Waals surface area contributed by atoms with E-state index in [1.165, 1.54) is 0 Å². The van der Waals surface area contributed by atoms with Gasteiger partial charge in [0.05, 0.1) is 35.8 Å². The van der Waals surface area contributed by atoms with E-state index in [2.05, 4.69) is 0 Å². The second kappa shape index (κ2) is 37.6. The van der Waals surface area contributed by atoms with Crippen LogP contribution < -0.4 is 51.1 Å². The Morgan fingerprint density at radius 2 is 0.489 bits per heavy atom. The van der Waals surface area contributed by atoms with Crippen LogP contribution in [0.5, 0.6) is 0 Å². The molecule has 27 heteroatoms. The largest absolute Gasteiger partial charge is 2.00 e. The van der Waals surface area contributed by atoms with E-state index in [1.807, 2.05) is 0 Å². The molecule has 0 aromatic rings. The zero-order chi connectivity index (χ0) is 34.4. The van der Waals surface area contributed by atoms with Crippen molar-refractivity contribution in [2.24, 2.45) is 0 Å². The molecule has 0 amide bonds. The van der Waals surface area contributed by atoms with Gasteiger partial charge in [-0.05, 0) is 24.3 Å². The average Bonchev–Trinajstić information content (AvgIpc) is 2.75. The van der Waals surface area contributed by atoms with Crippen molar-refractivity contribution in [3.05, 3.63) is 24.3 Å². The fraction of sp³-hybridized carbons (Fsp3) is 0.300. The molecule has 22 nitrogen and oxygen atoms in total. The van der Waals surface area contributed by atoms with E-state index in [4.69, 9.17) is 10.2 Å². The predicted octanol–water partition coefficient (Wildman–Crippen LogP) is -18.3. The number of hydrogen-bond donors (Lipinski definition) is 2. The van der Waals surface area contributed by atoms with Crippen LogP contribution in [0.2, 0.25) is 0 Å². The van der Waals surface area contributed by atoms with Crippen molar-refractivity contribution in [2.75, 3.05) is 0 Å². The molecule has 0 bridgehead atoms. The first-order valence-corrected chi connectivity index (χ1v) is 9.68. The molecule has 0 aliphatic rings. The quantitative estimate of drug-likeness (QED) is 0.121. The number of carboxylic acids is 10. The molecule has 0 rings (SSSR count). The van der Waals surface area contributed by atoms with Crippen LogP contribution in [0.3, 0.4) is 0 Å². The summed E-state index contributed by atoms with van der Waals surface area (Å²) in [5.41, 5.74) is -5.95. The number of carbonyl (C=O) groups excluding carboxylic acids is 10. The first kappa shape index (κ1) is 69.2. The molecule has 0 aromatic carbocycles. The van der Waals surface area contributed by atoms with Gasteiger partial charge in [-0.3, -0.25) is 0 Å². The van der Waals surface area contributed by atoms with Crippen LogP contribution in [-0.2, 0) is 47.9 Å². The Morgan fingerprint density at radius 3 is 0.553 bits per heavy atom. The first-order valence-electron chi connectivity index (χ1n) is 9.68. The van der Waals surface area contributed by atoms with Gasteiger partial charge in [0, 0.05) is 49.6 Å². The van der Waals surface area contributed by atoms with Crippen LogP contribution in [0.15, 0.2) is 24.3 Å². The predicted molar refractivity (Wildman–Crippen MR) is 125 cm³/mol. The Hall–Kier alpha value is 0.399. The molecule has 0 fully saturated rings. The van der Waals surface area contributed by atoms with E-state index < -0.39 is 96.6 Å². The van der Waals surface area contributed by atoms with Crippen molar-refractivity contribution in [1.29, 1.82) is 0 Å². The van der Waals surface area contributed by atoms with Gasteiger partial charge in [-0.1, -0.05) is 0 Å². The molecule has 0 aromatic heterocycles. The van der Waals surface area contributed by atoms with Crippen molar-refractivity contribution in [3.8, 4) is 0 Å². The first-order chi connectivity index (χ1) is 18.8. The normalized spacial score (nSPS) is 9.23. The molecule has 0 atom stereocenters. The Bertz CT molecular complexity index is 968. The third-order valence-electron chi connectivity index (χ3n) is 3.22. The third kappa shape index (κ3) is 50.9. The number of carbonyl (C=O) groups is 10. The Labute approximate surface area is 411 Å². The summed E-state index contributed by atoms with van der Waals surface area (Å²) in [4.78, 5) is 97.7.